The van der Waals surface area contributed by atoms with E-state index in [1.807, 2.05) is 42.6 Å². The van der Waals surface area contributed by atoms with Crippen molar-refractivity contribution in [3.63, 3.8) is 0 Å². The fourth-order valence-corrected chi connectivity index (χ4v) is 3.47. The van der Waals surface area contributed by atoms with E-state index in [2.05, 4.69) is 46.7 Å². The Kier molecular flexibility index (Phi) is 5.86. The van der Waals surface area contributed by atoms with Crippen molar-refractivity contribution >= 4 is 22.4 Å². The molecule has 28 heavy (non-hydrogen) atoms. The van der Waals surface area contributed by atoms with Gasteiger partial charge in [-0.05, 0) is 46.2 Å². The van der Waals surface area contributed by atoms with E-state index < -0.39 is 0 Å². The maximum absolute atomic E-state index is 6.18. The van der Waals surface area contributed by atoms with Crippen molar-refractivity contribution in [2.75, 3.05) is 0 Å². The third-order valence-corrected chi connectivity index (χ3v) is 4.87. The van der Waals surface area contributed by atoms with E-state index in [4.69, 9.17) is 16.3 Å². The number of hydrogen-bond acceptors (Lipinski definition) is 3. The fraction of sp³-hybridized carbons (Fsp3) is 0.125. The first kappa shape index (κ1) is 18.5. The maximum atomic E-state index is 6.18. The summed E-state index contributed by atoms with van der Waals surface area (Å²) in [7, 11) is 0. The topological polar surface area (TPSA) is 34.1 Å². The van der Waals surface area contributed by atoms with Crippen molar-refractivity contribution in [3.05, 3.63) is 107 Å². The van der Waals surface area contributed by atoms with Crippen LogP contribution < -0.4 is 10.1 Å². The smallest absolute Gasteiger partial charge is 0.124 e. The van der Waals surface area contributed by atoms with E-state index in [9.17, 15) is 0 Å². The minimum Gasteiger partial charge on any atom is -0.489 e. The van der Waals surface area contributed by atoms with Crippen molar-refractivity contribution in [2.45, 2.75) is 19.7 Å². The summed E-state index contributed by atoms with van der Waals surface area (Å²) < 4.78 is 6.18. The first-order valence-electron chi connectivity index (χ1n) is 9.27. The molecule has 1 heterocycles. The molecule has 3 nitrogen and oxygen atoms in total. The largest absolute Gasteiger partial charge is 0.489 e. The Morgan fingerprint density at radius 2 is 1.75 bits per heavy atom. The number of hydrogen-bond donors (Lipinski definition) is 1. The van der Waals surface area contributed by atoms with Crippen LogP contribution in [0.5, 0.6) is 5.75 Å². The Hall–Kier alpha value is -2.88. The molecule has 3 aromatic carbocycles. The summed E-state index contributed by atoms with van der Waals surface area (Å²) in [5.74, 6) is 0.886. The number of fused-ring (bicyclic) bond motifs is 1. The van der Waals surface area contributed by atoms with Crippen LogP contribution in [0, 0.1) is 0 Å². The van der Waals surface area contributed by atoms with Crippen molar-refractivity contribution in [3.8, 4) is 5.75 Å². The number of nitrogens with zero attached hydrogens (tertiary/aromatic N) is 1. The zero-order chi connectivity index (χ0) is 19.2. The van der Waals surface area contributed by atoms with E-state index in [1.165, 1.54) is 10.8 Å². The zero-order valence-electron chi connectivity index (χ0n) is 15.4. The quantitative estimate of drug-likeness (QED) is 0.437. The molecule has 4 aromatic rings. The highest BCUT2D eigenvalue weighted by molar-refractivity contribution is 6.30. The molecule has 0 amide bonds. The number of nitrogens with one attached hydrogen (secondary N) is 1. The molecule has 0 aliphatic carbocycles. The van der Waals surface area contributed by atoms with Gasteiger partial charge in [-0.3, -0.25) is 4.98 Å². The zero-order valence-corrected chi connectivity index (χ0v) is 16.2. The molecular weight excluding hydrogens is 368 g/mol. The molecule has 0 atom stereocenters. The first-order valence-corrected chi connectivity index (χ1v) is 9.65. The number of halogens is 1. The van der Waals surface area contributed by atoms with Gasteiger partial charge in [-0.15, -0.1) is 0 Å². The molecule has 1 N–H and O–H groups in total. The Morgan fingerprint density at radius 1 is 0.857 bits per heavy atom. The number of pyridine rings is 1. The highest BCUT2D eigenvalue weighted by atomic mass is 35.5. The molecule has 1 aromatic heterocycles. The Bertz CT molecular complexity index is 1070. The van der Waals surface area contributed by atoms with Crippen LogP contribution in [0.3, 0.4) is 0 Å². The Balaban J connectivity index is 1.55. The van der Waals surface area contributed by atoms with E-state index >= 15 is 0 Å². The molecule has 140 valence electrons. The second-order valence-electron chi connectivity index (χ2n) is 6.65. The van der Waals surface area contributed by atoms with Crippen LogP contribution in [0.4, 0.5) is 0 Å². The van der Waals surface area contributed by atoms with Crippen LogP contribution in [-0.2, 0) is 19.7 Å². The predicted octanol–water partition coefficient (Wildman–Crippen LogP) is 5.76. The Morgan fingerprint density at radius 3 is 2.61 bits per heavy atom. The molecular formula is C24H21ClN2O. The van der Waals surface area contributed by atoms with Crippen LogP contribution >= 0.6 is 11.6 Å². The lowest BCUT2D eigenvalue weighted by Gasteiger charge is -2.15. The molecule has 0 radical (unpaired) electrons. The van der Waals surface area contributed by atoms with Gasteiger partial charge in [0.15, 0.2) is 0 Å². The summed E-state index contributed by atoms with van der Waals surface area (Å²) in [5, 5.41) is 6.64. The van der Waals surface area contributed by atoms with Gasteiger partial charge in [0.1, 0.15) is 12.4 Å². The molecule has 0 bridgehead atoms. The molecule has 0 aliphatic heterocycles. The van der Waals surface area contributed by atoms with Gasteiger partial charge in [0.2, 0.25) is 0 Å². The number of benzene rings is 3. The Labute approximate surface area is 170 Å². The third kappa shape index (κ3) is 4.50. The summed E-state index contributed by atoms with van der Waals surface area (Å²) in [5.41, 5.74) is 3.36. The summed E-state index contributed by atoms with van der Waals surface area (Å²) in [6.07, 6.45) is 3.67. The monoisotopic (exact) mass is 388 g/mol. The van der Waals surface area contributed by atoms with Gasteiger partial charge in [0.25, 0.3) is 0 Å². The second kappa shape index (κ2) is 8.87. The standard InChI is InChI=1S/C24H21ClN2O/c25-21-8-3-5-18(13-21)17-28-24-11-10-20-7-1-2-9-22(20)23(24)16-27-15-19-6-4-12-26-14-19/h1-14,27H,15-17H2. The maximum Gasteiger partial charge on any atom is 0.124 e. The summed E-state index contributed by atoms with van der Waals surface area (Å²) >= 11 is 6.09. The van der Waals surface area contributed by atoms with Gasteiger partial charge in [-0.2, -0.15) is 0 Å². The first-order chi connectivity index (χ1) is 13.8. The third-order valence-electron chi connectivity index (χ3n) is 4.63. The number of ether oxygens (including phenoxy) is 1. The lowest BCUT2D eigenvalue weighted by Crippen LogP contribution is -2.14. The van der Waals surface area contributed by atoms with Gasteiger partial charge in [-0.25, -0.2) is 0 Å². The molecule has 0 aliphatic rings. The van der Waals surface area contributed by atoms with E-state index in [1.54, 1.807) is 6.20 Å². The number of rotatable bonds is 7. The molecule has 4 rings (SSSR count). The molecule has 0 saturated heterocycles. The minimum atomic E-state index is 0.481. The van der Waals surface area contributed by atoms with Gasteiger partial charge in [0.05, 0.1) is 0 Å². The van der Waals surface area contributed by atoms with Crippen molar-refractivity contribution in [1.29, 1.82) is 0 Å². The van der Waals surface area contributed by atoms with Crippen molar-refractivity contribution < 1.29 is 4.74 Å². The van der Waals surface area contributed by atoms with E-state index in [0.29, 0.717) is 13.2 Å². The molecule has 0 saturated carbocycles. The summed E-state index contributed by atoms with van der Waals surface area (Å²) in [6.45, 7) is 1.94. The lowest BCUT2D eigenvalue weighted by molar-refractivity contribution is 0.302. The summed E-state index contributed by atoms with van der Waals surface area (Å²) in [4.78, 5) is 4.17. The summed E-state index contributed by atoms with van der Waals surface area (Å²) in [6, 6.07) is 24.3. The SMILES string of the molecule is Clc1cccc(COc2ccc3ccccc3c2CNCc2cccnc2)c1. The second-order valence-corrected chi connectivity index (χ2v) is 7.08. The number of aromatic nitrogens is 1. The minimum absolute atomic E-state index is 0.481. The molecule has 0 spiro atoms. The molecule has 0 unspecified atom stereocenters. The van der Waals surface area contributed by atoms with E-state index in [0.717, 1.165) is 34.0 Å². The van der Waals surface area contributed by atoms with Crippen LogP contribution in [0.2, 0.25) is 5.02 Å². The average Bonchev–Trinajstić information content (AvgIpc) is 2.74. The van der Waals surface area contributed by atoms with Crippen LogP contribution in [0.15, 0.2) is 85.2 Å². The van der Waals surface area contributed by atoms with Gasteiger partial charge < -0.3 is 10.1 Å². The lowest BCUT2D eigenvalue weighted by atomic mass is 10.0. The molecule has 0 fully saturated rings. The van der Waals surface area contributed by atoms with Crippen LogP contribution in [0.25, 0.3) is 10.8 Å². The average molecular weight is 389 g/mol. The van der Waals surface area contributed by atoms with Crippen molar-refractivity contribution in [2.24, 2.45) is 0 Å². The van der Waals surface area contributed by atoms with Gasteiger partial charge in [-0.1, -0.05) is 60.1 Å². The van der Waals surface area contributed by atoms with Gasteiger partial charge >= 0.3 is 0 Å². The van der Waals surface area contributed by atoms with Crippen LogP contribution in [0.1, 0.15) is 16.7 Å². The highest BCUT2D eigenvalue weighted by Gasteiger charge is 2.09. The van der Waals surface area contributed by atoms with Crippen LogP contribution in [-0.4, -0.2) is 4.98 Å². The van der Waals surface area contributed by atoms with Gasteiger partial charge in [0, 0.05) is 36.1 Å². The van der Waals surface area contributed by atoms with E-state index in [-0.39, 0.29) is 0 Å². The predicted molar refractivity (Wildman–Crippen MR) is 115 cm³/mol. The highest BCUT2D eigenvalue weighted by Crippen LogP contribution is 2.29. The van der Waals surface area contributed by atoms with Crippen molar-refractivity contribution in [1.82, 2.24) is 10.3 Å². The normalized spacial score (nSPS) is 10.9. The molecule has 4 heteroatoms. The fourth-order valence-electron chi connectivity index (χ4n) is 3.26.